The number of benzene rings is 1. The molecule has 4 heteroatoms. The number of rotatable bonds is 2. The number of nitrogen functional groups attached to an aromatic ring is 1. The molecule has 1 aromatic carbocycles. The van der Waals surface area contributed by atoms with Crippen molar-refractivity contribution in [3.05, 3.63) is 29.3 Å². The van der Waals surface area contributed by atoms with Crippen LogP contribution in [0.15, 0.2) is 24.3 Å². The van der Waals surface area contributed by atoms with Crippen molar-refractivity contribution >= 4 is 17.0 Å². The maximum Gasteiger partial charge on any atom is 0.147 e. The number of hydrogen-bond donors (Lipinski definition) is 1. The summed E-state index contributed by atoms with van der Waals surface area (Å²) < 4.78 is 0. The molecule has 0 fully saturated rings. The van der Waals surface area contributed by atoms with Gasteiger partial charge in [-0.1, -0.05) is 25.2 Å². The van der Waals surface area contributed by atoms with Crippen molar-refractivity contribution in [2.45, 2.75) is 19.8 Å². The van der Waals surface area contributed by atoms with Crippen molar-refractivity contribution < 1.29 is 0 Å². The third-order valence-corrected chi connectivity index (χ3v) is 3.37. The maximum absolute atomic E-state index is 5.63. The van der Waals surface area contributed by atoms with Gasteiger partial charge < -0.3 is 5.73 Å². The average Bonchev–Trinajstić information content (AvgIpc) is 2.68. The molecule has 0 saturated heterocycles. The zero-order valence-corrected chi connectivity index (χ0v) is 9.58. The van der Waals surface area contributed by atoms with Gasteiger partial charge in [0.05, 0.1) is 0 Å². The average molecular weight is 219 g/mol. The van der Waals surface area contributed by atoms with Crippen LogP contribution >= 0.6 is 11.3 Å². The summed E-state index contributed by atoms with van der Waals surface area (Å²) in [5.41, 5.74) is 7.47. The Hall–Kier alpha value is -1.42. The first-order valence-corrected chi connectivity index (χ1v) is 5.68. The van der Waals surface area contributed by atoms with Gasteiger partial charge in [-0.3, -0.25) is 0 Å². The molecule has 0 atom stereocenters. The first kappa shape index (κ1) is 10.1. The van der Waals surface area contributed by atoms with E-state index in [1.165, 1.54) is 0 Å². The lowest BCUT2D eigenvalue weighted by atomic mass is 10.2. The smallest absolute Gasteiger partial charge is 0.147 e. The molecule has 1 heterocycles. The van der Waals surface area contributed by atoms with E-state index in [2.05, 4.69) is 24.0 Å². The summed E-state index contributed by atoms with van der Waals surface area (Å²) in [6.07, 6.45) is 0. The van der Waals surface area contributed by atoms with Gasteiger partial charge in [-0.05, 0) is 24.3 Å². The lowest BCUT2D eigenvalue weighted by Gasteiger charge is -1.96. The predicted molar refractivity (Wildman–Crippen MR) is 63.8 cm³/mol. The molecule has 0 spiro atoms. The molecule has 0 saturated carbocycles. The van der Waals surface area contributed by atoms with Crippen LogP contribution in [0.4, 0.5) is 5.69 Å². The summed E-state index contributed by atoms with van der Waals surface area (Å²) in [7, 11) is 0. The lowest BCUT2D eigenvalue weighted by Crippen LogP contribution is -1.84. The topological polar surface area (TPSA) is 51.8 Å². The zero-order valence-electron chi connectivity index (χ0n) is 8.77. The summed E-state index contributed by atoms with van der Waals surface area (Å²) in [4.78, 5) is 0. The Morgan fingerprint density at radius 2 is 1.80 bits per heavy atom. The van der Waals surface area contributed by atoms with E-state index in [9.17, 15) is 0 Å². The van der Waals surface area contributed by atoms with Crippen LogP contribution < -0.4 is 5.73 Å². The molecule has 2 N–H and O–H groups in total. The molecule has 78 valence electrons. The number of aromatic nitrogens is 2. The number of hydrogen-bond acceptors (Lipinski definition) is 4. The van der Waals surface area contributed by atoms with Gasteiger partial charge in [0.2, 0.25) is 0 Å². The Balaban J connectivity index is 2.33. The van der Waals surface area contributed by atoms with E-state index in [-0.39, 0.29) is 0 Å². The minimum Gasteiger partial charge on any atom is -0.399 e. The Morgan fingerprint density at radius 1 is 1.13 bits per heavy atom. The molecule has 0 aliphatic carbocycles. The van der Waals surface area contributed by atoms with Crippen molar-refractivity contribution in [3.8, 4) is 10.6 Å². The summed E-state index contributed by atoms with van der Waals surface area (Å²) in [5.74, 6) is 0.435. The highest BCUT2D eigenvalue weighted by Crippen LogP contribution is 2.27. The standard InChI is InChI=1S/C11H13N3S/c1-7(2)10-13-14-11(15-10)8-3-5-9(12)6-4-8/h3-7H,12H2,1-2H3. The van der Waals surface area contributed by atoms with Gasteiger partial charge in [-0.2, -0.15) is 0 Å². The van der Waals surface area contributed by atoms with Gasteiger partial charge in [0.15, 0.2) is 0 Å². The monoisotopic (exact) mass is 219 g/mol. The van der Waals surface area contributed by atoms with Crippen LogP contribution in [0, 0.1) is 0 Å². The lowest BCUT2D eigenvalue weighted by molar-refractivity contribution is 0.825. The van der Waals surface area contributed by atoms with Gasteiger partial charge in [-0.15, -0.1) is 10.2 Å². The van der Waals surface area contributed by atoms with Crippen LogP contribution in [0.5, 0.6) is 0 Å². The van der Waals surface area contributed by atoms with Crippen LogP contribution in [0.1, 0.15) is 24.8 Å². The molecule has 0 bridgehead atoms. The van der Waals surface area contributed by atoms with E-state index in [0.29, 0.717) is 5.92 Å². The molecule has 0 aliphatic heterocycles. The Kier molecular flexibility index (Phi) is 2.68. The van der Waals surface area contributed by atoms with Crippen LogP contribution in [-0.4, -0.2) is 10.2 Å². The third-order valence-electron chi connectivity index (χ3n) is 2.09. The molecule has 0 radical (unpaired) electrons. The molecule has 3 nitrogen and oxygen atoms in total. The quantitative estimate of drug-likeness (QED) is 0.790. The Labute approximate surface area is 93.0 Å². The van der Waals surface area contributed by atoms with Gasteiger partial charge >= 0.3 is 0 Å². The fourth-order valence-electron chi connectivity index (χ4n) is 1.21. The van der Waals surface area contributed by atoms with Crippen LogP contribution in [0.3, 0.4) is 0 Å². The molecule has 2 aromatic rings. The van der Waals surface area contributed by atoms with Crippen molar-refractivity contribution in [2.24, 2.45) is 0 Å². The Bertz CT molecular complexity index is 445. The highest BCUT2D eigenvalue weighted by molar-refractivity contribution is 7.14. The second-order valence-electron chi connectivity index (χ2n) is 3.72. The SMILES string of the molecule is CC(C)c1nnc(-c2ccc(N)cc2)s1. The fraction of sp³-hybridized carbons (Fsp3) is 0.273. The largest absolute Gasteiger partial charge is 0.399 e. The molecule has 0 unspecified atom stereocenters. The van der Waals surface area contributed by atoms with Crippen molar-refractivity contribution in [1.29, 1.82) is 0 Å². The number of anilines is 1. The number of nitrogens with two attached hydrogens (primary N) is 1. The summed E-state index contributed by atoms with van der Waals surface area (Å²) >= 11 is 1.64. The Morgan fingerprint density at radius 3 is 2.33 bits per heavy atom. The first-order chi connectivity index (χ1) is 7.16. The highest BCUT2D eigenvalue weighted by atomic mass is 32.1. The molecule has 1 aromatic heterocycles. The fourth-order valence-corrected chi connectivity index (χ4v) is 2.06. The van der Waals surface area contributed by atoms with Crippen molar-refractivity contribution in [2.75, 3.05) is 5.73 Å². The number of nitrogens with zero attached hydrogens (tertiary/aromatic N) is 2. The molecular formula is C11H13N3S. The van der Waals surface area contributed by atoms with Gasteiger partial charge in [0.25, 0.3) is 0 Å². The van der Waals surface area contributed by atoms with Gasteiger partial charge in [-0.25, -0.2) is 0 Å². The minimum atomic E-state index is 0.435. The van der Waals surface area contributed by atoms with Crippen molar-refractivity contribution in [1.82, 2.24) is 10.2 Å². The second-order valence-corrected chi connectivity index (χ2v) is 4.73. The van der Waals surface area contributed by atoms with Gasteiger partial charge in [0.1, 0.15) is 10.0 Å². The second kappa shape index (κ2) is 3.98. The molecule has 2 rings (SSSR count). The van der Waals surface area contributed by atoms with Crippen LogP contribution in [0.2, 0.25) is 0 Å². The van der Waals surface area contributed by atoms with E-state index in [4.69, 9.17) is 5.73 Å². The zero-order chi connectivity index (χ0) is 10.8. The van der Waals surface area contributed by atoms with Gasteiger partial charge in [0, 0.05) is 17.2 Å². The van der Waals surface area contributed by atoms with Crippen LogP contribution in [-0.2, 0) is 0 Å². The van der Waals surface area contributed by atoms with E-state index in [1.807, 2.05) is 24.3 Å². The van der Waals surface area contributed by atoms with Crippen molar-refractivity contribution in [3.63, 3.8) is 0 Å². The minimum absolute atomic E-state index is 0.435. The summed E-state index contributed by atoms with van der Waals surface area (Å²) in [6, 6.07) is 7.71. The molecule has 0 amide bonds. The van der Waals surface area contributed by atoms with E-state index in [0.717, 1.165) is 21.3 Å². The predicted octanol–water partition coefficient (Wildman–Crippen LogP) is 2.91. The first-order valence-electron chi connectivity index (χ1n) is 4.86. The molecule has 0 aliphatic rings. The molecular weight excluding hydrogens is 206 g/mol. The normalized spacial score (nSPS) is 10.9. The van der Waals surface area contributed by atoms with E-state index < -0.39 is 0 Å². The maximum atomic E-state index is 5.63. The van der Waals surface area contributed by atoms with E-state index in [1.54, 1.807) is 11.3 Å². The summed E-state index contributed by atoms with van der Waals surface area (Å²) in [6.45, 7) is 4.24. The highest BCUT2D eigenvalue weighted by Gasteiger charge is 2.08. The third kappa shape index (κ3) is 2.15. The molecule has 15 heavy (non-hydrogen) atoms. The summed E-state index contributed by atoms with van der Waals surface area (Å²) in [5, 5.41) is 10.3. The van der Waals surface area contributed by atoms with Crippen LogP contribution in [0.25, 0.3) is 10.6 Å². The van der Waals surface area contributed by atoms with E-state index >= 15 is 0 Å².